The van der Waals surface area contributed by atoms with Crippen molar-refractivity contribution < 1.29 is 23.9 Å². The van der Waals surface area contributed by atoms with Crippen molar-refractivity contribution in [2.24, 2.45) is 11.8 Å². The average Bonchev–Trinajstić information content (AvgIpc) is 2.99. The number of rotatable bonds is 12. The van der Waals surface area contributed by atoms with Crippen molar-refractivity contribution >= 4 is 34.5 Å². The molecule has 3 rings (SSSR count). The zero-order valence-corrected chi connectivity index (χ0v) is 26.6. The molecule has 8 nitrogen and oxygen atoms in total. The van der Waals surface area contributed by atoms with Gasteiger partial charge in [0.1, 0.15) is 24.2 Å². The van der Waals surface area contributed by atoms with Crippen molar-refractivity contribution in [3.05, 3.63) is 48.0 Å². The molecule has 0 bridgehead atoms. The third kappa shape index (κ3) is 10.4. The molecule has 0 saturated carbocycles. The predicted molar refractivity (Wildman–Crippen MR) is 170 cm³/mol. The molecule has 2 aromatic rings. The zero-order chi connectivity index (χ0) is 31.4. The molecule has 3 amide bonds. The van der Waals surface area contributed by atoms with Gasteiger partial charge in [-0.2, -0.15) is 0 Å². The fourth-order valence-corrected chi connectivity index (χ4v) is 5.59. The van der Waals surface area contributed by atoms with E-state index in [2.05, 4.69) is 22.9 Å². The van der Waals surface area contributed by atoms with Gasteiger partial charge in [0.15, 0.2) is 0 Å². The number of fused-ring (bicyclic) bond motifs is 1. The number of esters is 1. The van der Waals surface area contributed by atoms with Crippen LogP contribution in [0.25, 0.3) is 10.8 Å². The van der Waals surface area contributed by atoms with E-state index in [-0.39, 0.29) is 30.6 Å². The second-order valence-corrected chi connectivity index (χ2v) is 12.3. The lowest BCUT2D eigenvalue weighted by Crippen LogP contribution is -2.55. The normalized spacial score (nSPS) is 23.6. The van der Waals surface area contributed by atoms with Gasteiger partial charge < -0.3 is 20.7 Å². The summed E-state index contributed by atoms with van der Waals surface area (Å²) in [4.78, 5) is 53.6. The van der Waals surface area contributed by atoms with Gasteiger partial charge in [-0.1, -0.05) is 115 Å². The lowest BCUT2D eigenvalue weighted by atomic mass is 9.93. The summed E-state index contributed by atoms with van der Waals surface area (Å²) < 4.78 is 6.02. The third-order valence-electron chi connectivity index (χ3n) is 8.72. The number of carbonyl (C=O) groups excluding carboxylic acids is 4. The molecule has 236 valence electrons. The average molecular weight is 594 g/mol. The van der Waals surface area contributed by atoms with Gasteiger partial charge >= 0.3 is 5.97 Å². The first-order valence-electron chi connectivity index (χ1n) is 16.2. The molecule has 6 atom stereocenters. The maximum atomic E-state index is 13.5. The van der Waals surface area contributed by atoms with Gasteiger partial charge in [0, 0.05) is 6.42 Å². The summed E-state index contributed by atoms with van der Waals surface area (Å²) in [7, 11) is 0. The van der Waals surface area contributed by atoms with Crippen molar-refractivity contribution in [3.8, 4) is 0 Å². The van der Waals surface area contributed by atoms with E-state index < -0.39 is 42.0 Å². The van der Waals surface area contributed by atoms with Gasteiger partial charge in [-0.25, -0.2) is 4.79 Å². The number of amides is 3. The lowest BCUT2D eigenvalue weighted by molar-refractivity contribution is -0.158. The van der Waals surface area contributed by atoms with E-state index in [4.69, 9.17) is 4.74 Å². The Bertz CT molecular complexity index is 1230. The summed E-state index contributed by atoms with van der Waals surface area (Å²) in [6, 6.07) is 11.2. The van der Waals surface area contributed by atoms with Crippen LogP contribution in [0.5, 0.6) is 0 Å². The Balaban J connectivity index is 1.85. The molecule has 1 aliphatic rings. The predicted octanol–water partition coefficient (Wildman–Crippen LogP) is 5.60. The van der Waals surface area contributed by atoms with Crippen LogP contribution in [0.1, 0.15) is 98.0 Å². The minimum absolute atomic E-state index is 0.0546. The molecule has 1 aliphatic heterocycles. The van der Waals surface area contributed by atoms with Crippen LogP contribution in [-0.2, 0) is 30.3 Å². The molecular weight excluding hydrogens is 542 g/mol. The molecule has 0 aromatic heterocycles. The SMILES string of the molecule is CCCCCCCC[C@H](C)[C@@H]1CC(=O)N[C@@H](Cc2ccc3ccccc3c2)C(=O)N[C@@H](C)C(=O)NC([C@@H](C)CC)C(=O)O1. The van der Waals surface area contributed by atoms with Crippen LogP contribution in [0, 0.1) is 11.8 Å². The molecule has 2 aromatic carbocycles. The van der Waals surface area contributed by atoms with Crippen LogP contribution in [0.15, 0.2) is 42.5 Å². The van der Waals surface area contributed by atoms with Crippen LogP contribution < -0.4 is 16.0 Å². The molecule has 43 heavy (non-hydrogen) atoms. The molecule has 0 spiro atoms. The van der Waals surface area contributed by atoms with Crippen molar-refractivity contribution in [1.82, 2.24) is 16.0 Å². The Labute approximate surface area is 257 Å². The van der Waals surface area contributed by atoms with E-state index in [1.165, 1.54) is 19.3 Å². The van der Waals surface area contributed by atoms with Crippen LogP contribution in [-0.4, -0.2) is 47.9 Å². The van der Waals surface area contributed by atoms with Crippen molar-refractivity contribution in [2.75, 3.05) is 0 Å². The van der Waals surface area contributed by atoms with E-state index in [9.17, 15) is 19.2 Å². The molecule has 1 heterocycles. The van der Waals surface area contributed by atoms with Crippen LogP contribution >= 0.6 is 0 Å². The van der Waals surface area contributed by atoms with Gasteiger partial charge in [-0.3, -0.25) is 14.4 Å². The Morgan fingerprint density at radius 2 is 1.51 bits per heavy atom. The van der Waals surface area contributed by atoms with Gasteiger partial charge in [-0.15, -0.1) is 0 Å². The van der Waals surface area contributed by atoms with Crippen molar-refractivity contribution in [3.63, 3.8) is 0 Å². The van der Waals surface area contributed by atoms with Crippen molar-refractivity contribution in [2.45, 2.75) is 123 Å². The third-order valence-corrected chi connectivity index (χ3v) is 8.72. The van der Waals surface area contributed by atoms with Gasteiger partial charge in [0.2, 0.25) is 17.7 Å². The number of carbonyl (C=O) groups is 4. The van der Waals surface area contributed by atoms with Crippen LogP contribution in [0.3, 0.4) is 0 Å². The maximum Gasteiger partial charge on any atom is 0.329 e. The highest BCUT2D eigenvalue weighted by Crippen LogP contribution is 2.23. The molecule has 0 aliphatic carbocycles. The zero-order valence-electron chi connectivity index (χ0n) is 26.6. The minimum Gasteiger partial charge on any atom is -0.460 e. The largest absolute Gasteiger partial charge is 0.460 e. The van der Waals surface area contributed by atoms with Crippen LogP contribution in [0.2, 0.25) is 0 Å². The Hall–Kier alpha value is -3.42. The molecule has 3 N–H and O–H groups in total. The summed E-state index contributed by atoms with van der Waals surface area (Å²) >= 11 is 0. The Morgan fingerprint density at radius 1 is 0.814 bits per heavy atom. The first-order chi connectivity index (χ1) is 20.6. The lowest BCUT2D eigenvalue weighted by Gasteiger charge is -2.29. The minimum atomic E-state index is -0.911. The van der Waals surface area contributed by atoms with Gasteiger partial charge in [0.05, 0.1) is 6.42 Å². The number of benzene rings is 2. The van der Waals surface area contributed by atoms with Crippen LogP contribution in [0.4, 0.5) is 0 Å². The second-order valence-electron chi connectivity index (χ2n) is 12.3. The fraction of sp³-hybridized carbons (Fsp3) is 0.600. The molecule has 0 radical (unpaired) electrons. The van der Waals surface area contributed by atoms with Crippen molar-refractivity contribution in [1.29, 1.82) is 0 Å². The first kappa shape index (κ1) is 34.1. The van der Waals surface area contributed by atoms with Gasteiger partial charge in [-0.05, 0) is 41.5 Å². The second kappa shape index (κ2) is 17.0. The number of ether oxygens (including phenoxy) is 1. The monoisotopic (exact) mass is 593 g/mol. The highest BCUT2D eigenvalue weighted by atomic mass is 16.5. The summed E-state index contributed by atoms with van der Waals surface area (Å²) in [5, 5.41) is 10.6. The first-order valence-corrected chi connectivity index (χ1v) is 16.2. The molecule has 1 unspecified atom stereocenters. The van der Waals surface area contributed by atoms with Gasteiger partial charge in [0.25, 0.3) is 0 Å². The highest BCUT2D eigenvalue weighted by molar-refractivity contribution is 5.94. The smallest absolute Gasteiger partial charge is 0.329 e. The molecule has 8 heteroatoms. The number of nitrogens with one attached hydrogen (secondary N) is 3. The van der Waals surface area contributed by atoms with E-state index >= 15 is 0 Å². The number of hydrogen-bond donors (Lipinski definition) is 3. The molecular formula is C35H51N3O5. The summed E-state index contributed by atoms with van der Waals surface area (Å²) in [5.41, 5.74) is 0.886. The molecule has 1 saturated heterocycles. The summed E-state index contributed by atoms with van der Waals surface area (Å²) in [5.74, 6) is -2.07. The Kier molecular flexibility index (Phi) is 13.5. The van der Waals surface area contributed by atoms with E-state index in [1.54, 1.807) is 6.92 Å². The number of hydrogen-bond acceptors (Lipinski definition) is 5. The standard InChI is InChI=1S/C35H51N3O5/c1-6-8-9-10-11-12-15-24(4)30-22-31(39)37-29(21-26-18-19-27-16-13-14-17-28(27)20-26)34(41)36-25(5)33(40)38-32(23(3)7-2)35(42)43-30/h13-14,16-20,23-25,29-30,32H,6-12,15,21-22H2,1-5H3,(H,36,41)(H,37,39)(H,38,40)/t23-,24-,25-,29-,30-,32?/m0/s1. The van der Waals surface area contributed by atoms with E-state index in [1.807, 2.05) is 63.2 Å². The van der Waals surface area contributed by atoms with E-state index in [0.29, 0.717) is 6.42 Å². The highest BCUT2D eigenvalue weighted by Gasteiger charge is 2.35. The maximum absolute atomic E-state index is 13.5. The number of unbranched alkanes of at least 4 members (excludes halogenated alkanes) is 5. The number of cyclic esters (lactones) is 1. The fourth-order valence-electron chi connectivity index (χ4n) is 5.59. The topological polar surface area (TPSA) is 114 Å². The molecule has 1 fully saturated rings. The quantitative estimate of drug-likeness (QED) is 0.219. The summed E-state index contributed by atoms with van der Waals surface area (Å²) in [6.07, 6.45) is 7.85. The summed E-state index contributed by atoms with van der Waals surface area (Å²) in [6.45, 7) is 9.60. The Morgan fingerprint density at radius 3 is 2.23 bits per heavy atom. The van der Waals surface area contributed by atoms with E-state index in [0.717, 1.165) is 42.0 Å².